The summed E-state index contributed by atoms with van der Waals surface area (Å²) in [6.45, 7) is 5.14. The van der Waals surface area contributed by atoms with Crippen molar-refractivity contribution in [2.24, 2.45) is 5.92 Å². The molecule has 5 nitrogen and oxygen atoms in total. The first-order valence-corrected chi connectivity index (χ1v) is 6.92. The van der Waals surface area contributed by atoms with Gasteiger partial charge in [-0.1, -0.05) is 26.0 Å². The van der Waals surface area contributed by atoms with Gasteiger partial charge in [0, 0.05) is 19.3 Å². The average Bonchev–Trinajstić information content (AvgIpc) is 2.46. The molecule has 0 bridgehead atoms. The highest BCUT2D eigenvalue weighted by atomic mass is 16.3. The second-order valence-electron chi connectivity index (χ2n) is 5.14. The molecule has 0 spiro atoms. The van der Waals surface area contributed by atoms with Gasteiger partial charge in [-0.05, 0) is 30.0 Å². The number of carbonyl (C=O) groups is 1. The van der Waals surface area contributed by atoms with Gasteiger partial charge in [-0.2, -0.15) is 5.26 Å². The smallest absolute Gasteiger partial charge is 0.263 e. The van der Waals surface area contributed by atoms with Crippen LogP contribution in [0.15, 0.2) is 36.0 Å². The lowest BCUT2D eigenvalue weighted by Gasteiger charge is -2.07. The van der Waals surface area contributed by atoms with Crippen molar-refractivity contribution in [1.82, 2.24) is 10.6 Å². The number of nitrogens with zero attached hydrogens (tertiary/aromatic N) is 1. The van der Waals surface area contributed by atoms with E-state index < -0.39 is 0 Å². The lowest BCUT2D eigenvalue weighted by atomic mass is 10.1. The van der Waals surface area contributed by atoms with Gasteiger partial charge >= 0.3 is 0 Å². The first kappa shape index (κ1) is 16.6. The van der Waals surface area contributed by atoms with Gasteiger partial charge in [0.2, 0.25) is 0 Å². The third-order valence-corrected chi connectivity index (χ3v) is 2.78. The molecule has 0 aliphatic carbocycles. The highest BCUT2D eigenvalue weighted by Gasteiger charge is 2.08. The van der Waals surface area contributed by atoms with Crippen LogP contribution in [0, 0.1) is 17.2 Å². The summed E-state index contributed by atoms with van der Waals surface area (Å²) in [6.07, 6.45) is 2.18. The van der Waals surface area contributed by atoms with Crippen LogP contribution in [0.4, 0.5) is 0 Å². The SMILES string of the molecule is CC(C)CNC(=O)/C(C#N)=C\NCCc1ccc(O)cc1. The average molecular weight is 287 g/mol. The molecule has 1 aromatic rings. The largest absolute Gasteiger partial charge is 0.508 e. The molecule has 112 valence electrons. The van der Waals surface area contributed by atoms with Gasteiger partial charge in [-0.3, -0.25) is 4.79 Å². The monoisotopic (exact) mass is 287 g/mol. The number of amides is 1. The minimum absolute atomic E-state index is 0.0707. The highest BCUT2D eigenvalue weighted by Crippen LogP contribution is 2.09. The summed E-state index contributed by atoms with van der Waals surface area (Å²) in [5, 5.41) is 23.8. The summed E-state index contributed by atoms with van der Waals surface area (Å²) in [6, 6.07) is 8.81. The summed E-state index contributed by atoms with van der Waals surface area (Å²) in [5.74, 6) is 0.222. The van der Waals surface area contributed by atoms with Crippen molar-refractivity contribution < 1.29 is 9.90 Å². The Hall–Kier alpha value is -2.48. The molecule has 0 saturated heterocycles. The maximum Gasteiger partial charge on any atom is 0.263 e. The van der Waals surface area contributed by atoms with Gasteiger partial charge in [0.05, 0.1) is 0 Å². The molecule has 0 saturated carbocycles. The molecule has 21 heavy (non-hydrogen) atoms. The van der Waals surface area contributed by atoms with Crippen molar-refractivity contribution in [1.29, 1.82) is 5.26 Å². The standard InChI is InChI=1S/C16H21N3O2/c1-12(2)10-19-16(21)14(9-17)11-18-8-7-13-3-5-15(20)6-4-13/h3-6,11-12,18,20H,7-8,10H2,1-2H3,(H,19,21)/b14-11-. The Bertz CT molecular complexity index is 527. The van der Waals surface area contributed by atoms with Crippen molar-refractivity contribution in [3.05, 3.63) is 41.6 Å². The van der Waals surface area contributed by atoms with Crippen molar-refractivity contribution in [2.75, 3.05) is 13.1 Å². The number of nitrogens with one attached hydrogen (secondary N) is 2. The molecule has 0 atom stereocenters. The normalized spacial score (nSPS) is 11.0. The van der Waals surface area contributed by atoms with Crippen LogP contribution < -0.4 is 10.6 Å². The van der Waals surface area contributed by atoms with Crippen LogP contribution in [-0.4, -0.2) is 24.1 Å². The minimum Gasteiger partial charge on any atom is -0.508 e. The molecule has 3 N–H and O–H groups in total. The Morgan fingerprint density at radius 2 is 2.05 bits per heavy atom. The van der Waals surface area contributed by atoms with Gasteiger partial charge in [-0.15, -0.1) is 0 Å². The second-order valence-corrected chi connectivity index (χ2v) is 5.14. The highest BCUT2D eigenvalue weighted by molar-refractivity contribution is 5.97. The van der Waals surface area contributed by atoms with Gasteiger partial charge in [0.15, 0.2) is 0 Å². The third kappa shape index (κ3) is 6.48. The van der Waals surface area contributed by atoms with Crippen molar-refractivity contribution in [3.8, 4) is 11.8 Å². The Morgan fingerprint density at radius 3 is 2.62 bits per heavy atom. The van der Waals surface area contributed by atoms with E-state index in [4.69, 9.17) is 5.26 Å². The van der Waals surface area contributed by atoms with Crippen molar-refractivity contribution in [3.63, 3.8) is 0 Å². The predicted molar refractivity (Wildman–Crippen MR) is 81.4 cm³/mol. The maximum absolute atomic E-state index is 11.7. The molecule has 0 unspecified atom stereocenters. The van der Waals surface area contributed by atoms with E-state index in [0.717, 1.165) is 12.0 Å². The molecule has 1 rings (SSSR count). The lowest BCUT2D eigenvalue weighted by molar-refractivity contribution is -0.117. The Morgan fingerprint density at radius 1 is 1.38 bits per heavy atom. The molecule has 0 heterocycles. The number of phenols is 1. The number of nitriles is 1. The first-order chi connectivity index (χ1) is 10.0. The molecule has 0 aromatic heterocycles. The molecule has 1 amide bonds. The van der Waals surface area contributed by atoms with E-state index in [9.17, 15) is 9.90 Å². The van der Waals surface area contributed by atoms with E-state index in [0.29, 0.717) is 19.0 Å². The number of hydrogen-bond donors (Lipinski definition) is 3. The topological polar surface area (TPSA) is 85.2 Å². The summed E-state index contributed by atoms with van der Waals surface area (Å²) < 4.78 is 0. The van der Waals surface area contributed by atoms with Gasteiger partial charge in [0.1, 0.15) is 17.4 Å². The van der Waals surface area contributed by atoms with Crippen molar-refractivity contribution >= 4 is 5.91 Å². The van der Waals surface area contributed by atoms with Crippen molar-refractivity contribution in [2.45, 2.75) is 20.3 Å². The summed E-state index contributed by atoms with van der Waals surface area (Å²) in [5.41, 5.74) is 1.14. The summed E-state index contributed by atoms with van der Waals surface area (Å²) >= 11 is 0. The van der Waals surface area contributed by atoms with Crippen LogP contribution in [0.2, 0.25) is 0 Å². The van der Waals surface area contributed by atoms with Gasteiger partial charge in [-0.25, -0.2) is 0 Å². The fraction of sp³-hybridized carbons (Fsp3) is 0.375. The molecule has 0 radical (unpaired) electrons. The molecule has 1 aromatic carbocycles. The van der Waals surface area contributed by atoms with E-state index in [1.54, 1.807) is 12.1 Å². The number of aromatic hydroxyl groups is 1. The first-order valence-electron chi connectivity index (χ1n) is 6.92. The quantitative estimate of drug-likeness (QED) is 0.405. The molecule has 0 aliphatic heterocycles. The van der Waals surface area contributed by atoms with Gasteiger partial charge < -0.3 is 15.7 Å². The molecule has 0 fully saturated rings. The van der Waals surface area contributed by atoms with Crippen LogP contribution in [0.3, 0.4) is 0 Å². The fourth-order valence-corrected chi connectivity index (χ4v) is 1.59. The molecular weight excluding hydrogens is 266 g/mol. The van der Waals surface area contributed by atoms with E-state index in [1.165, 1.54) is 6.20 Å². The summed E-state index contributed by atoms with van der Waals surface area (Å²) in [4.78, 5) is 11.7. The molecule has 0 aliphatic rings. The predicted octanol–water partition coefficient (Wildman–Crippen LogP) is 1.70. The lowest BCUT2D eigenvalue weighted by Crippen LogP contribution is -2.29. The second kappa shape index (κ2) is 8.64. The molecule has 5 heteroatoms. The Balaban J connectivity index is 2.41. The number of benzene rings is 1. The Labute approximate surface area is 125 Å². The Kier molecular flexibility index (Phi) is 6.82. The van der Waals surface area contributed by atoms with E-state index in [1.807, 2.05) is 32.0 Å². The van der Waals surface area contributed by atoms with Crippen LogP contribution in [-0.2, 0) is 11.2 Å². The number of rotatable bonds is 7. The number of hydrogen-bond acceptors (Lipinski definition) is 4. The zero-order valence-corrected chi connectivity index (χ0v) is 12.4. The minimum atomic E-state index is -0.358. The fourth-order valence-electron chi connectivity index (χ4n) is 1.59. The van der Waals surface area contributed by atoms with E-state index in [2.05, 4.69) is 10.6 Å². The van der Waals surface area contributed by atoms with Crippen LogP contribution in [0.5, 0.6) is 5.75 Å². The molecular formula is C16H21N3O2. The van der Waals surface area contributed by atoms with E-state index in [-0.39, 0.29) is 17.2 Å². The number of carbonyl (C=O) groups excluding carboxylic acids is 1. The van der Waals surface area contributed by atoms with Crippen LogP contribution >= 0.6 is 0 Å². The zero-order valence-electron chi connectivity index (χ0n) is 12.4. The van der Waals surface area contributed by atoms with E-state index >= 15 is 0 Å². The summed E-state index contributed by atoms with van der Waals surface area (Å²) in [7, 11) is 0. The van der Waals surface area contributed by atoms with Gasteiger partial charge in [0.25, 0.3) is 5.91 Å². The zero-order chi connectivity index (χ0) is 15.7. The van der Waals surface area contributed by atoms with Crippen LogP contribution in [0.1, 0.15) is 19.4 Å². The third-order valence-electron chi connectivity index (χ3n) is 2.78. The maximum atomic E-state index is 11.7. The van der Waals surface area contributed by atoms with Crippen LogP contribution in [0.25, 0.3) is 0 Å². The number of phenolic OH excluding ortho intramolecular Hbond substituents is 1.